The number of alkyl halides is 1. The van der Waals surface area contributed by atoms with Crippen LogP contribution in [0.3, 0.4) is 0 Å². The van der Waals surface area contributed by atoms with E-state index in [2.05, 4.69) is 15.3 Å². The van der Waals surface area contributed by atoms with Crippen molar-refractivity contribution >= 4 is 56.3 Å². The Labute approximate surface area is 345 Å². The molecule has 316 valence electrons. The number of piperidine rings is 1. The van der Waals surface area contributed by atoms with Gasteiger partial charge < -0.3 is 19.2 Å². The molecule has 3 aromatic carbocycles. The quantitative estimate of drug-likeness (QED) is 0.0768. The Hall–Kier alpha value is -6.64. The number of rotatable bonds is 15. The predicted octanol–water partition coefficient (Wildman–Crippen LogP) is 4.32. The summed E-state index contributed by atoms with van der Waals surface area (Å²) in [6.07, 6.45) is 1.45. The number of hydrogen-bond donors (Lipinski definition) is 3. The molecule has 5 aromatic rings. The predicted molar refractivity (Wildman–Crippen MR) is 210 cm³/mol. The first kappa shape index (κ1) is 41.1. The van der Waals surface area contributed by atoms with Crippen molar-refractivity contribution in [3.05, 3.63) is 107 Å². The summed E-state index contributed by atoms with van der Waals surface area (Å²) in [5.41, 5.74) is -0.121. The monoisotopic (exact) mass is 860 g/mol. The van der Waals surface area contributed by atoms with Gasteiger partial charge in [0.2, 0.25) is 17.6 Å². The molecule has 3 N–H and O–H groups in total. The minimum atomic E-state index is -4.38. The maximum Gasteiger partial charge on any atom is 0.301 e. The van der Waals surface area contributed by atoms with Crippen LogP contribution in [0.25, 0.3) is 22.2 Å². The number of nitrogens with one attached hydrogen (secondary N) is 3. The summed E-state index contributed by atoms with van der Waals surface area (Å²) in [6, 6.07) is 13.6. The van der Waals surface area contributed by atoms with Gasteiger partial charge in [-0.25, -0.2) is 18.2 Å². The van der Waals surface area contributed by atoms with Crippen molar-refractivity contribution in [1.82, 2.24) is 24.5 Å². The fourth-order valence-electron chi connectivity index (χ4n) is 7.31. The van der Waals surface area contributed by atoms with Gasteiger partial charge in [-0.2, -0.15) is 12.7 Å². The van der Waals surface area contributed by atoms with Gasteiger partial charge in [-0.1, -0.05) is 18.2 Å². The van der Waals surface area contributed by atoms with Crippen LogP contribution < -0.4 is 19.5 Å². The number of aromatic amines is 1. The number of carbonyl (C=O) groups is 5. The second kappa shape index (κ2) is 16.8. The fourth-order valence-corrected chi connectivity index (χ4v) is 8.58. The SMILES string of the molecule is O=C1CCC(N2C(=O)c3cccc(OCCOCCOc4ccc(-c5cnc6[nH]cc(C(=O)c7c(F)ccc(NS(=O)(=O)N8CC[C@@H](F)C8)c7F)c6c5)cc4)c3C2=O)C(=O)N1. The summed E-state index contributed by atoms with van der Waals surface area (Å²) in [5, 5.41) is 2.42. The largest absolute Gasteiger partial charge is 0.491 e. The molecule has 16 nitrogen and oxygen atoms in total. The third kappa shape index (κ3) is 8.16. The summed E-state index contributed by atoms with van der Waals surface area (Å²) in [6.45, 7) is -0.0234. The van der Waals surface area contributed by atoms with E-state index in [1.165, 1.54) is 18.3 Å². The Kier molecular flexibility index (Phi) is 11.3. The third-order valence-electron chi connectivity index (χ3n) is 10.4. The molecule has 61 heavy (non-hydrogen) atoms. The van der Waals surface area contributed by atoms with Crippen molar-refractivity contribution in [2.75, 3.05) is 44.2 Å². The molecular weight excluding hydrogens is 826 g/mol. The van der Waals surface area contributed by atoms with Gasteiger partial charge in [0, 0.05) is 48.4 Å². The number of nitrogens with zero attached hydrogens (tertiary/aromatic N) is 3. The molecule has 4 amide bonds. The van der Waals surface area contributed by atoms with E-state index in [4.69, 9.17) is 14.2 Å². The Morgan fingerprint density at radius 1 is 0.918 bits per heavy atom. The lowest BCUT2D eigenvalue weighted by atomic mass is 10.00. The van der Waals surface area contributed by atoms with Crippen LogP contribution in [0.4, 0.5) is 18.9 Å². The highest BCUT2D eigenvalue weighted by atomic mass is 32.2. The molecule has 8 rings (SSSR count). The lowest BCUT2D eigenvalue weighted by Gasteiger charge is -2.27. The number of benzene rings is 3. The van der Waals surface area contributed by atoms with Gasteiger partial charge >= 0.3 is 10.2 Å². The van der Waals surface area contributed by atoms with E-state index in [0.717, 1.165) is 21.3 Å². The van der Waals surface area contributed by atoms with E-state index in [1.54, 1.807) is 42.6 Å². The molecule has 2 atom stereocenters. The highest BCUT2D eigenvalue weighted by Gasteiger charge is 2.46. The van der Waals surface area contributed by atoms with Gasteiger partial charge in [-0.15, -0.1) is 0 Å². The molecular formula is C41H35F3N6O10S. The number of ketones is 1. The Morgan fingerprint density at radius 3 is 2.43 bits per heavy atom. The highest BCUT2D eigenvalue weighted by Crippen LogP contribution is 2.34. The van der Waals surface area contributed by atoms with Gasteiger partial charge in [0.05, 0.1) is 35.6 Å². The van der Waals surface area contributed by atoms with Gasteiger partial charge in [0.25, 0.3) is 11.8 Å². The molecule has 3 aliphatic rings. The van der Waals surface area contributed by atoms with Crippen molar-refractivity contribution in [1.29, 1.82) is 0 Å². The average Bonchev–Trinajstić information content (AvgIpc) is 3.95. The maximum absolute atomic E-state index is 15.7. The fraction of sp³-hybridized carbons (Fsp3) is 0.268. The number of hydrogen-bond acceptors (Lipinski definition) is 11. The third-order valence-corrected chi connectivity index (χ3v) is 11.9. The minimum Gasteiger partial charge on any atom is -0.491 e. The number of fused-ring (bicyclic) bond motifs is 2. The number of carbonyl (C=O) groups excluding carboxylic acids is 5. The van der Waals surface area contributed by atoms with Crippen LogP contribution in [-0.4, -0.2) is 109 Å². The molecule has 0 spiro atoms. The molecule has 0 aliphatic carbocycles. The van der Waals surface area contributed by atoms with Crippen molar-refractivity contribution in [2.24, 2.45) is 0 Å². The molecule has 2 fully saturated rings. The zero-order valence-corrected chi connectivity index (χ0v) is 32.7. The van der Waals surface area contributed by atoms with Crippen LogP contribution in [0.1, 0.15) is 55.9 Å². The van der Waals surface area contributed by atoms with Gasteiger partial charge in [0.15, 0.2) is 5.82 Å². The van der Waals surface area contributed by atoms with E-state index in [1.807, 2.05) is 4.72 Å². The van der Waals surface area contributed by atoms with Crippen LogP contribution in [-0.2, 0) is 24.5 Å². The van der Waals surface area contributed by atoms with Crippen molar-refractivity contribution in [3.63, 3.8) is 0 Å². The van der Waals surface area contributed by atoms with Crippen molar-refractivity contribution < 1.29 is 59.8 Å². The van der Waals surface area contributed by atoms with Crippen LogP contribution in [0.5, 0.6) is 11.5 Å². The van der Waals surface area contributed by atoms with Crippen LogP contribution in [0, 0.1) is 11.6 Å². The average molecular weight is 861 g/mol. The number of amides is 4. The molecule has 0 bridgehead atoms. The molecule has 2 aromatic heterocycles. The zero-order valence-electron chi connectivity index (χ0n) is 31.9. The minimum absolute atomic E-state index is 0.00665. The number of pyridine rings is 1. The normalized spacial score (nSPS) is 18.1. The lowest BCUT2D eigenvalue weighted by molar-refractivity contribution is -0.136. The number of anilines is 1. The zero-order chi connectivity index (χ0) is 43.0. The smallest absolute Gasteiger partial charge is 0.301 e. The standard InChI is InChI=1S/C41H35F3N6O10S/c42-24-12-13-49(21-24)61(56,57)48-30-9-8-29(43)35(36(30)44)37(52)28-20-46-38-27(28)18-23(19-45-38)22-4-6-25(7-5-22)59-16-14-58-15-17-60-32-3-1-2-26-34(32)41(55)50(40(26)54)31-10-11-33(51)47-39(31)53/h1-9,18-20,24,31,48H,10-17,21H2,(H,45,46)(H,47,51,53)/t24-,31?/m1/s1. The second-order valence-corrected chi connectivity index (χ2v) is 15.9. The lowest BCUT2D eigenvalue weighted by Crippen LogP contribution is -2.54. The maximum atomic E-state index is 15.7. The Balaban J connectivity index is 0.847. The van der Waals surface area contributed by atoms with E-state index in [9.17, 15) is 36.8 Å². The van der Waals surface area contributed by atoms with E-state index in [0.29, 0.717) is 16.9 Å². The molecule has 20 heteroatoms. The first-order chi connectivity index (χ1) is 29.3. The number of ether oxygens (including phenoxy) is 3. The molecule has 0 saturated carbocycles. The van der Waals surface area contributed by atoms with Crippen LogP contribution in [0.2, 0.25) is 0 Å². The first-order valence-electron chi connectivity index (χ1n) is 19.0. The number of aromatic nitrogens is 2. The topological polar surface area (TPSA) is 206 Å². The summed E-state index contributed by atoms with van der Waals surface area (Å²) in [5.74, 6) is -5.52. The summed E-state index contributed by atoms with van der Waals surface area (Å²) >= 11 is 0. The van der Waals surface area contributed by atoms with Crippen LogP contribution >= 0.6 is 0 Å². The molecule has 0 radical (unpaired) electrons. The molecule has 3 aliphatic heterocycles. The number of H-pyrrole nitrogens is 1. The summed E-state index contributed by atoms with van der Waals surface area (Å²) in [7, 11) is -4.38. The number of imide groups is 2. The summed E-state index contributed by atoms with van der Waals surface area (Å²) < 4.78 is 89.8. The molecule has 5 heterocycles. The first-order valence-corrected chi connectivity index (χ1v) is 20.4. The van der Waals surface area contributed by atoms with Crippen molar-refractivity contribution in [2.45, 2.75) is 31.5 Å². The van der Waals surface area contributed by atoms with E-state index < -0.39 is 81.3 Å². The second-order valence-electron chi connectivity index (χ2n) is 14.2. The highest BCUT2D eigenvalue weighted by molar-refractivity contribution is 7.90. The van der Waals surface area contributed by atoms with E-state index >= 15 is 8.78 Å². The Morgan fingerprint density at radius 2 is 1.69 bits per heavy atom. The van der Waals surface area contributed by atoms with Gasteiger partial charge in [-0.3, -0.25) is 38.9 Å². The van der Waals surface area contributed by atoms with E-state index in [-0.39, 0.29) is 85.7 Å². The van der Waals surface area contributed by atoms with Gasteiger partial charge in [0.1, 0.15) is 48.4 Å². The van der Waals surface area contributed by atoms with Gasteiger partial charge in [-0.05, 0) is 60.9 Å². The Bertz CT molecular complexity index is 2710. The molecule has 2 saturated heterocycles. The molecule has 1 unspecified atom stereocenters. The number of halogens is 3. The van der Waals surface area contributed by atoms with Crippen LogP contribution in [0.15, 0.2) is 73.1 Å². The van der Waals surface area contributed by atoms with Crippen molar-refractivity contribution in [3.8, 4) is 22.6 Å². The summed E-state index contributed by atoms with van der Waals surface area (Å²) in [4.78, 5) is 71.9.